The van der Waals surface area contributed by atoms with Crippen LogP contribution in [0.3, 0.4) is 0 Å². The van der Waals surface area contributed by atoms with Gasteiger partial charge in [0, 0.05) is 51.1 Å². The first-order chi connectivity index (χ1) is 11.6. The van der Waals surface area contributed by atoms with Crippen molar-refractivity contribution in [1.29, 1.82) is 0 Å². The number of hydrogen-bond donors (Lipinski definition) is 2. The highest BCUT2D eigenvalue weighted by Gasteiger charge is 2.39. The second kappa shape index (κ2) is 7.80. The van der Waals surface area contributed by atoms with Gasteiger partial charge in [-0.25, -0.2) is 0 Å². The number of likely N-dealkylation sites (tertiary alicyclic amines) is 1. The molecule has 0 radical (unpaired) electrons. The summed E-state index contributed by atoms with van der Waals surface area (Å²) >= 11 is 0. The number of carbonyl (C=O) groups is 2. The molecule has 7 heteroatoms. The lowest BCUT2D eigenvalue weighted by Crippen LogP contribution is -2.46. The second-order valence-electron chi connectivity index (χ2n) is 7.42. The van der Waals surface area contributed by atoms with Gasteiger partial charge in [0.05, 0.1) is 25.7 Å². The van der Waals surface area contributed by atoms with Crippen LogP contribution in [0.15, 0.2) is 0 Å². The van der Waals surface area contributed by atoms with E-state index in [9.17, 15) is 14.7 Å². The summed E-state index contributed by atoms with van der Waals surface area (Å²) in [5.41, 5.74) is -0.117. The van der Waals surface area contributed by atoms with Crippen molar-refractivity contribution in [1.82, 2.24) is 15.1 Å². The maximum Gasteiger partial charge on any atom is 0.225 e. The van der Waals surface area contributed by atoms with Gasteiger partial charge < -0.3 is 20.1 Å². The SMILES string of the molecule is O=C(NCC1(CO)CCC1)C1CC(=O)N(CCN2CCOCC2)C1. The molecule has 7 nitrogen and oxygen atoms in total. The number of aliphatic hydroxyl groups excluding tert-OH is 1. The number of amides is 2. The van der Waals surface area contributed by atoms with E-state index in [2.05, 4.69) is 10.2 Å². The zero-order chi connectivity index (χ0) is 17.0. The predicted octanol–water partition coefficient (Wildman–Crippen LogP) is -0.554. The van der Waals surface area contributed by atoms with Crippen molar-refractivity contribution < 1.29 is 19.4 Å². The Labute approximate surface area is 143 Å². The minimum Gasteiger partial charge on any atom is -0.396 e. The van der Waals surface area contributed by atoms with Gasteiger partial charge in [-0.3, -0.25) is 14.5 Å². The van der Waals surface area contributed by atoms with Gasteiger partial charge >= 0.3 is 0 Å². The molecule has 1 saturated carbocycles. The highest BCUT2D eigenvalue weighted by Crippen LogP contribution is 2.39. The van der Waals surface area contributed by atoms with Crippen molar-refractivity contribution in [2.75, 3.05) is 59.1 Å². The van der Waals surface area contributed by atoms with Crippen molar-refractivity contribution in [2.45, 2.75) is 25.7 Å². The quantitative estimate of drug-likeness (QED) is 0.650. The molecule has 136 valence electrons. The van der Waals surface area contributed by atoms with Gasteiger partial charge in [0.2, 0.25) is 11.8 Å². The van der Waals surface area contributed by atoms with Crippen LogP contribution >= 0.6 is 0 Å². The fourth-order valence-electron chi connectivity index (χ4n) is 3.74. The summed E-state index contributed by atoms with van der Waals surface area (Å²) in [6.07, 6.45) is 3.37. The normalized spacial score (nSPS) is 27.1. The molecule has 2 heterocycles. The van der Waals surface area contributed by atoms with Gasteiger partial charge in [0.1, 0.15) is 0 Å². The third kappa shape index (κ3) is 4.07. The first-order valence-corrected chi connectivity index (χ1v) is 9.08. The second-order valence-corrected chi connectivity index (χ2v) is 7.42. The molecule has 0 bridgehead atoms. The van der Waals surface area contributed by atoms with Crippen LogP contribution in [0.1, 0.15) is 25.7 Å². The Morgan fingerprint density at radius 3 is 2.67 bits per heavy atom. The van der Waals surface area contributed by atoms with E-state index in [-0.39, 0.29) is 29.8 Å². The summed E-state index contributed by atoms with van der Waals surface area (Å²) in [4.78, 5) is 28.6. The van der Waals surface area contributed by atoms with E-state index in [0.29, 0.717) is 26.1 Å². The van der Waals surface area contributed by atoms with Crippen LogP contribution < -0.4 is 5.32 Å². The van der Waals surface area contributed by atoms with Gasteiger partial charge in [-0.15, -0.1) is 0 Å². The minimum absolute atomic E-state index is 0.0445. The summed E-state index contributed by atoms with van der Waals surface area (Å²) < 4.78 is 5.33. The summed E-state index contributed by atoms with van der Waals surface area (Å²) in [5, 5.41) is 12.4. The predicted molar refractivity (Wildman–Crippen MR) is 88.3 cm³/mol. The number of carbonyl (C=O) groups excluding carboxylic acids is 2. The van der Waals surface area contributed by atoms with E-state index in [0.717, 1.165) is 52.1 Å². The van der Waals surface area contributed by atoms with Gasteiger partial charge in [-0.05, 0) is 12.8 Å². The van der Waals surface area contributed by atoms with E-state index in [4.69, 9.17) is 4.74 Å². The minimum atomic E-state index is -0.252. The summed E-state index contributed by atoms with van der Waals surface area (Å²) in [6.45, 7) is 6.03. The van der Waals surface area contributed by atoms with Gasteiger partial charge in [-0.1, -0.05) is 6.42 Å². The number of ether oxygens (including phenoxy) is 1. The Balaban J connectivity index is 1.41. The maximum absolute atomic E-state index is 12.3. The molecule has 0 aromatic heterocycles. The highest BCUT2D eigenvalue weighted by atomic mass is 16.5. The van der Waals surface area contributed by atoms with Crippen LogP contribution in [0, 0.1) is 11.3 Å². The number of nitrogens with one attached hydrogen (secondary N) is 1. The van der Waals surface area contributed by atoms with E-state index < -0.39 is 0 Å². The standard InChI is InChI=1S/C17H29N3O4/c21-13-17(2-1-3-17)12-18-16(23)14-10-15(22)20(11-14)5-4-19-6-8-24-9-7-19/h14,21H,1-13H2,(H,18,23). The molecule has 0 spiro atoms. The van der Waals surface area contributed by atoms with Crippen LogP contribution in [0.25, 0.3) is 0 Å². The van der Waals surface area contributed by atoms with Gasteiger partial charge in [0.15, 0.2) is 0 Å². The van der Waals surface area contributed by atoms with Crippen molar-refractivity contribution in [3.63, 3.8) is 0 Å². The van der Waals surface area contributed by atoms with Crippen LogP contribution in [0.2, 0.25) is 0 Å². The summed E-state index contributed by atoms with van der Waals surface area (Å²) in [6, 6.07) is 0. The Morgan fingerprint density at radius 1 is 1.29 bits per heavy atom. The molecule has 2 aliphatic heterocycles. The number of nitrogens with zero attached hydrogens (tertiary/aromatic N) is 2. The van der Waals surface area contributed by atoms with E-state index in [1.54, 1.807) is 0 Å². The molecule has 2 saturated heterocycles. The van der Waals surface area contributed by atoms with Crippen LogP contribution in [0.5, 0.6) is 0 Å². The zero-order valence-corrected chi connectivity index (χ0v) is 14.3. The molecule has 2 N–H and O–H groups in total. The smallest absolute Gasteiger partial charge is 0.225 e. The van der Waals surface area contributed by atoms with Crippen LogP contribution in [0.4, 0.5) is 0 Å². The molecule has 24 heavy (non-hydrogen) atoms. The fourth-order valence-corrected chi connectivity index (χ4v) is 3.74. The van der Waals surface area contributed by atoms with Crippen LogP contribution in [-0.4, -0.2) is 85.8 Å². The lowest BCUT2D eigenvalue weighted by Gasteiger charge is -2.40. The van der Waals surface area contributed by atoms with E-state index >= 15 is 0 Å². The highest BCUT2D eigenvalue weighted by molar-refractivity contribution is 5.89. The first-order valence-electron chi connectivity index (χ1n) is 9.08. The molecular weight excluding hydrogens is 310 g/mol. The Hall–Kier alpha value is -1.18. The van der Waals surface area contributed by atoms with Crippen molar-refractivity contribution in [2.24, 2.45) is 11.3 Å². The lowest BCUT2D eigenvalue weighted by molar-refractivity contribution is -0.129. The summed E-state index contributed by atoms with van der Waals surface area (Å²) in [7, 11) is 0. The molecular formula is C17H29N3O4. The molecule has 2 amide bonds. The van der Waals surface area contributed by atoms with Crippen molar-refractivity contribution in [3.8, 4) is 0 Å². The van der Waals surface area contributed by atoms with E-state index in [1.165, 1.54) is 0 Å². The molecule has 0 aromatic carbocycles. The number of hydrogen-bond acceptors (Lipinski definition) is 5. The number of rotatable bonds is 7. The van der Waals surface area contributed by atoms with Gasteiger partial charge in [0.25, 0.3) is 0 Å². The number of morpholine rings is 1. The Kier molecular flexibility index (Phi) is 5.73. The third-order valence-corrected chi connectivity index (χ3v) is 5.76. The first kappa shape index (κ1) is 17.6. The van der Waals surface area contributed by atoms with Crippen LogP contribution in [-0.2, 0) is 14.3 Å². The maximum atomic E-state index is 12.3. The molecule has 1 aliphatic carbocycles. The zero-order valence-electron chi connectivity index (χ0n) is 14.3. The average Bonchev–Trinajstić information content (AvgIpc) is 2.94. The Bertz CT molecular complexity index is 455. The average molecular weight is 339 g/mol. The molecule has 1 atom stereocenters. The summed E-state index contributed by atoms with van der Waals surface area (Å²) in [5.74, 6) is -0.223. The van der Waals surface area contributed by atoms with Crippen molar-refractivity contribution >= 4 is 11.8 Å². The van der Waals surface area contributed by atoms with E-state index in [1.807, 2.05) is 4.90 Å². The third-order valence-electron chi connectivity index (χ3n) is 5.76. The lowest BCUT2D eigenvalue weighted by atomic mass is 9.69. The topological polar surface area (TPSA) is 82.1 Å². The van der Waals surface area contributed by atoms with Crippen molar-refractivity contribution in [3.05, 3.63) is 0 Å². The van der Waals surface area contributed by atoms with Gasteiger partial charge in [-0.2, -0.15) is 0 Å². The molecule has 3 rings (SSSR count). The fraction of sp³-hybridized carbons (Fsp3) is 0.882. The monoisotopic (exact) mass is 339 g/mol. The Morgan fingerprint density at radius 2 is 2.04 bits per heavy atom. The molecule has 1 unspecified atom stereocenters. The molecule has 3 aliphatic rings. The molecule has 0 aromatic rings. The largest absolute Gasteiger partial charge is 0.396 e. The number of aliphatic hydroxyl groups is 1. The molecule has 3 fully saturated rings.